The molecule has 3 rings (SSSR count). The summed E-state index contributed by atoms with van der Waals surface area (Å²) in [5, 5.41) is 0. The van der Waals surface area contributed by atoms with Crippen LogP contribution < -0.4 is 11.1 Å². The number of aryl methyl sites for hydroxylation is 1. The fraction of sp³-hybridized carbons (Fsp3) is 0.0714. The van der Waals surface area contributed by atoms with E-state index in [4.69, 9.17) is 4.42 Å². The van der Waals surface area contributed by atoms with Gasteiger partial charge in [-0.25, -0.2) is 0 Å². The molecule has 0 fully saturated rings. The van der Waals surface area contributed by atoms with Gasteiger partial charge in [0, 0.05) is 5.56 Å². The molecular weight excluding hydrogens is 260 g/mol. The summed E-state index contributed by atoms with van der Waals surface area (Å²) in [6, 6.07) is 6.29. The number of nitrogens with one attached hydrogen (secondary N) is 2. The quantitative estimate of drug-likeness (QED) is 0.542. The first kappa shape index (κ1) is 12.2. The largest absolute Gasteiger partial charge is 0.469 e. The minimum Gasteiger partial charge on any atom is -0.469 e. The molecule has 2 aromatic heterocycles. The highest BCUT2D eigenvalue weighted by Crippen LogP contribution is 2.17. The molecule has 0 saturated carbocycles. The zero-order valence-corrected chi connectivity index (χ0v) is 10.5. The lowest BCUT2D eigenvalue weighted by molar-refractivity contribution is 0.103. The van der Waals surface area contributed by atoms with Gasteiger partial charge in [0.2, 0.25) is 0 Å². The van der Waals surface area contributed by atoms with Gasteiger partial charge in [-0.1, -0.05) is 0 Å². The van der Waals surface area contributed by atoms with E-state index in [-0.39, 0.29) is 5.78 Å². The van der Waals surface area contributed by atoms with Crippen LogP contribution in [0.25, 0.3) is 11.0 Å². The lowest BCUT2D eigenvalue weighted by Gasteiger charge is -2.02. The summed E-state index contributed by atoms with van der Waals surface area (Å²) in [4.78, 5) is 39.7. The molecule has 3 aromatic rings. The summed E-state index contributed by atoms with van der Waals surface area (Å²) < 4.78 is 5.10. The minimum atomic E-state index is -0.749. The molecule has 0 spiro atoms. The van der Waals surface area contributed by atoms with Crippen LogP contribution in [0.3, 0.4) is 0 Å². The summed E-state index contributed by atoms with van der Waals surface area (Å²) in [6.07, 6.45) is 1.45. The first-order valence-electron chi connectivity index (χ1n) is 5.91. The van der Waals surface area contributed by atoms with Gasteiger partial charge in [-0.3, -0.25) is 14.4 Å². The second kappa shape index (κ2) is 4.34. The number of benzene rings is 1. The van der Waals surface area contributed by atoms with Gasteiger partial charge in [-0.05, 0) is 31.2 Å². The van der Waals surface area contributed by atoms with Crippen molar-refractivity contribution in [3.05, 3.63) is 68.1 Å². The molecule has 0 bridgehead atoms. The molecule has 2 N–H and O–H groups in total. The van der Waals surface area contributed by atoms with Crippen LogP contribution in [0.5, 0.6) is 0 Å². The van der Waals surface area contributed by atoms with Crippen LogP contribution in [0.2, 0.25) is 0 Å². The Kier molecular flexibility index (Phi) is 2.64. The molecule has 2 heterocycles. The van der Waals surface area contributed by atoms with Crippen molar-refractivity contribution in [3.8, 4) is 0 Å². The van der Waals surface area contributed by atoms with Crippen molar-refractivity contribution < 1.29 is 9.21 Å². The van der Waals surface area contributed by atoms with Crippen LogP contribution >= 0.6 is 0 Å². The maximum atomic E-state index is 12.3. The smallest absolute Gasteiger partial charge is 0.314 e. The monoisotopic (exact) mass is 270 g/mol. The Morgan fingerprint density at radius 3 is 2.40 bits per heavy atom. The highest BCUT2D eigenvalue weighted by atomic mass is 16.3. The number of H-pyrrole nitrogens is 2. The van der Waals surface area contributed by atoms with Crippen LogP contribution in [0, 0.1) is 6.92 Å². The third-order valence-corrected chi connectivity index (χ3v) is 3.09. The van der Waals surface area contributed by atoms with Crippen molar-refractivity contribution >= 4 is 16.8 Å². The summed E-state index contributed by atoms with van der Waals surface area (Å²) >= 11 is 0. The summed E-state index contributed by atoms with van der Waals surface area (Å²) in [5.41, 5.74) is 0.279. The van der Waals surface area contributed by atoms with Crippen molar-refractivity contribution in [3.63, 3.8) is 0 Å². The number of fused-ring (bicyclic) bond motifs is 1. The Balaban J connectivity index is 2.16. The minimum absolute atomic E-state index is 0.204. The van der Waals surface area contributed by atoms with Gasteiger partial charge in [0.1, 0.15) is 5.76 Å². The van der Waals surface area contributed by atoms with Crippen molar-refractivity contribution in [2.24, 2.45) is 0 Å². The Bertz CT molecular complexity index is 930. The van der Waals surface area contributed by atoms with Gasteiger partial charge in [0.05, 0.1) is 22.9 Å². The van der Waals surface area contributed by atoms with E-state index in [0.29, 0.717) is 27.9 Å². The van der Waals surface area contributed by atoms with Gasteiger partial charge in [0.15, 0.2) is 5.78 Å². The molecule has 6 heteroatoms. The standard InChI is InChI=1S/C14H10N2O4/c1-7-9(4-5-20-7)12(17)8-2-3-10-11(6-8)16-14(19)13(18)15-10/h2-6H,1H3,(H,15,18)(H,16,19). The number of carbonyl (C=O) groups excluding carboxylic acids is 1. The van der Waals surface area contributed by atoms with E-state index >= 15 is 0 Å². The van der Waals surface area contributed by atoms with Crippen LogP contribution in [-0.4, -0.2) is 15.8 Å². The van der Waals surface area contributed by atoms with Gasteiger partial charge < -0.3 is 14.4 Å². The number of rotatable bonds is 2. The van der Waals surface area contributed by atoms with Crippen LogP contribution in [0.4, 0.5) is 0 Å². The molecule has 0 amide bonds. The van der Waals surface area contributed by atoms with Gasteiger partial charge in [-0.2, -0.15) is 0 Å². The van der Waals surface area contributed by atoms with E-state index in [1.807, 2.05) is 0 Å². The highest BCUT2D eigenvalue weighted by Gasteiger charge is 2.14. The average Bonchev–Trinajstić information content (AvgIpc) is 2.85. The molecule has 6 nitrogen and oxygen atoms in total. The predicted octanol–water partition coefficient (Wildman–Crippen LogP) is 1.35. The number of aromatic amines is 2. The Labute approximate surface area is 112 Å². The van der Waals surface area contributed by atoms with E-state index in [2.05, 4.69) is 9.97 Å². The molecule has 0 aliphatic carbocycles. The van der Waals surface area contributed by atoms with Gasteiger partial charge in [-0.15, -0.1) is 0 Å². The number of hydrogen-bond acceptors (Lipinski definition) is 4. The van der Waals surface area contributed by atoms with Gasteiger partial charge >= 0.3 is 11.1 Å². The number of hydrogen-bond donors (Lipinski definition) is 2. The first-order chi connectivity index (χ1) is 9.56. The zero-order valence-electron chi connectivity index (χ0n) is 10.5. The van der Waals surface area contributed by atoms with Crippen molar-refractivity contribution in [1.29, 1.82) is 0 Å². The van der Waals surface area contributed by atoms with Crippen molar-refractivity contribution in [2.75, 3.05) is 0 Å². The fourth-order valence-electron chi connectivity index (χ4n) is 2.03. The third-order valence-electron chi connectivity index (χ3n) is 3.09. The lowest BCUT2D eigenvalue weighted by atomic mass is 10.0. The second-order valence-corrected chi connectivity index (χ2v) is 4.39. The van der Waals surface area contributed by atoms with E-state index in [1.54, 1.807) is 25.1 Å². The lowest BCUT2D eigenvalue weighted by Crippen LogP contribution is -2.28. The van der Waals surface area contributed by atoms with Crippen LogP contribution in [0.15, 0.2) is 44.5 Å². The topological polar surface area (TPSA) is 95.9 Å². The molecule has 1 aromatic carbocycles. The second-order valence-electron chi connectivity index (χ2n) is 4.39. The summed E-state index contributed by atoms with van der Waals surface area (Å²) in [5.74, 6) is 0.329. The molecule has 0 unspecified atom stereocenters. The Morgan fingerprint density at radius 1 is 1.05 bits per heavy atom. The molecule has 0 aliphatic rings. The van der Waals surface area contributed by atoms with Crippen molar-refractivity contribution in [1.82, 2.24) is 9.97 Å². The summed E-state index contributed by atoms with van der Waals surface area (Å²) in [7, 11) is 0. The number of carbonyl (C=O) groups is 1. The number of furan rings is 1. The van der Waals surface area contributed by atoms with E-state index in [1.165, 1.54) is 12.3 Å². The van der Waals surface area contributed by atoms with Crippen LogP contribution in [0.1, 0.15) is 21.7 Å². The molecule has 0 radical (unpaired) electrons. The van der Waals surface area contributed by atoms with Gasteiger partial charge in [0.25, 0.3) is 0 Å². The van der Waals surface area contributed by atoms with Crippen molar-refractivity contribution in [2.45, 2.75) is 6.92 Å². The number of ketones is 1. The van der Waals surface area contributed by atoms with Crippen LogP contribution in [-0.2, 0) is 0 Å². The summed E-state index contributed by atoms with van der Waals surface area (Å²) in [6.45, 7) is 1.70. The molecule has 100 valence electrons. The van der Waals surface area contributed by atoms with E-state index in [9.17, 15) is 14.4 Å². The highest BCUT2D eigenvalue weighted by molar-refractivity contribution is 6.10. The molecular formula is C14H10N2O4. The maximum Gasteiger partial charge on any atom is 0.314 e. The predicted molar refractivity (Wildman–Crippen MR) is 72.1 cm³/mol. The molecule has 20 heavy (non-hydrogen) atoms. The van der Waals surface area contributed by atoms with E-state index in [0.717, 1.165) is 0 Å². The third kappa shape index (κ3) is 1.87. The Hall–Kier alpha value is -2.89. The maximum absolute atomic E-state index is 12.3. The molecule has 0 aliphatic heterocycles. The SMILES string of the molecule is Cc1occc1C(=O)c1ccc2[nH]c(=O)c(=O)[nH]c2c1. The molecule has 0 saturated heterocycles. The zero-order chi connectivity index (χ0) is 14.3. The molecule has 0 atom stereocenters. The first-order valence-corrected chi connectivity index (χ1v) is 5.91. The normalized spacial score (nSPS) is 10.8. The van der Waals surface area contributed by atoms with E-state index < -0.39 is 11.1 Å². The fourth-order valence-corrected chi connectivity index (χ4v) is 2.03. The number of aromatic nitrogens is 2. The average molecular weight is 270 g/mol. The Morgan fingerprint density at radius 2 is 1.75 bits per heavy atom.